The van der Waals surface area contributed by atoms with Gasteiger partial charge in [-0.25, -0.2) is 4.79 Å². The molecule has 3 rings (SSSR count). The molecule has 26 heavy (non-hydrogen) atoms. The summed E-state index contributed by atoms with van der Waals surface area (Å²) < 4.78 is 5.31. The van der Waals surface area contributed by atoms with Crippen molar-refractivity contribution in [3.63, 3.8) is 0 Å². The molecule has 1 aliphatic rings. The van der Waals surface area contributed by atoms with E-state index >= 15 is 0 Å². The first-order chi connectivity index (χ1) is 12.5. The van der Waals surface area contributed by atoms with Gasteiger partial charge >= 0.3 is 5.97 Å². The minimum absolute atomic E-state index is 0.304. The van der Waals surface area contributed by atoms with Crippen molar-refractivity contribution in [2.24, 2.45) is 0 Å². The topological polar surface area (TPSA) is 41.6 Å². The third-order valence-electron chi connectivity index (χ3n) is 4.20. The van der Waals surface area contributed by atoms with Gasteiger partial charge in [0.1, 0.15) is 0 Å². The normalized spacial score (nSPS) is 17.1. The van der Waals surface area contributed by atoms with Gasteiger partial charge in [0.15, 0.2) is 5.11 Å². The van der Waals surface area contributed by atoms with Crippen LogP contribution >= 0.6 is 23.8 Å². The Balaban J connectivity index is 2.11. The molecule has 2 aromatic rings. The fourth-order valence-corrected chi connectivity index (χ4v) is 3.50. The second kappa shape index (κ2) is 7.89. The Hall–Kier alpha value is -2.37. The molecule has 0 bridgehead atoms. The number of nitrogens with zero attached hydrogens (tertiary/aromatic N) is 1. The SMILES string of the molecule is CCOC(=O)C1=C(C)N(c2ccccc2)C(=S)N[C@H]1c1ccc(Cl)cc1. The number of nitrogens with one attached hydrogen (secondary N) is 1. The standard InChI is InChI=1S/C20H19ClN2O2S/c1-3-25-19(24)17-13(2)23(16-7-5-4-6-8-16)20(26)22-18(17)14-9-11-15(21)12-10-14/h4-12,18H,3H2,1-2H3,(H,22,26)/t18-/m0/s1. The summed E-state index contributed by atoms with van der Waals surface area (Å²) in [5.41, 5.74) is 3.07. The van der Waals surface area contributed by atoms with Gasteiger partial charge in [-0.2, -0.15) is 0 Å². The highest BCUT2D eigenvalue weighted by molar-refractivity contribution is 7.80. The maximum Gasteiger partial charge on any atom is 0.338 e. The second-order valence-electron chi connectivity index (χ2n) is 5.82. The summed E-state index contributed by atoms with van der Waals surface area (Å²) in [6.45, 7) is 3.98. The monoisotopic (exact) mass is 386 g/mol. The molecule has 0 amide bonds. The van der Waals surface area contributed by atoms with Crippen LogP contribution in [0.4, 0.5) is 5.69 Å². The van der Waals surface area contributed by atoms with Gasteiger partial charge in [-0.05, 0) is 55.9 Å². The van der Waals surface area contributed by atoms with Gasteiger partial charge in [0, 0.05) is 16.4 Å². The number of ether oxygens (including phenoxy) is 1. The molecule has 0 radical (unpaired) electrons. The quantitative estimate of drug-likeness (QED) is 0.613. The molecule has 0 aromatic heterocycles. The Morgan fingerprint density at radius 3 is 2.46 bits per heavy atom. The smallest absolute Gasteiger partial charge is 0.338 e. The molecule has 0 fully saturated rings. The number of hydrogen-bond acceptors (Lipinski definition) is 3. The predicted molar refractivity (Wildman–Crippen MR) is 108 cm³/mol. The number of thiocarbonyl (C=S) groups is 1. The van der Waals surface area contributed by atoms with Gasteiger partial charge in [0.05, 0.1) is 18.2 Å². The fourth-order valence-electron chi connectivity index (χ4n) is 3.01. The number of carbonyl (C=O) groups is 1. The summed E-state index contributed by atoms with van der Waals surface area (Å²) in [5, 5.41) is 4.44. The van der Waals surface area contributed by atoms with Gasteiger partial charge in [0.25, 0.3) is 0 Å². The zero-order valence-electron chi connectivity index (χ0n) is 14.5. The van der Waals surface area contributed by atoms with Gasteiger partial charge in [0.2, 0.25) is 0 Å². The average Bonchev–Trinajstić information content (AvgIpc) is 2.63. The Morgan fingerprint density at radius 2 is 1.85 bits per heavy atom. The Morgan fingerprint density at radius 1 is 1.19 bits per heavy atom. The van der Waals surface area contributed by atoms with E-state index in [1.54, 1.807) is 19.1 Å². The third kappa shape index (κ3) is 3.59. The van der Waals surface area contributed by atoms with E-state index in [4.69, 9.17) is 28.6 Å². The lowest BCUT2D eigenvalue weighted by Gasteiger charge is -2.37. The van der Waals surface area contributed by atoms with Crippen LogP contribution in [-0.4, -0.2) is 17.7 Å². The van der Waals surface area contributed by atoms with Gasteiger partial charge in [-0.15, -0.1) is 0 Å². The van der Waals surface area contributed by atoms with Crippen molar-refractivity contribution >= 4 is 40.6 Å². The summed E-state index contributed by atoms with van der Waals surface area (Å²) in [5.74, 6) is -0.360. The summed E-state index contributed by atoms with van der Waals surface area (Å²) in [6.07, 6.45) is 0. The largest absolute Gasteiger partial charge is 0.463 e. The van der Waals surface area contributed by atoms with E-state index in [2.05, 4.69) is 5.32 Å². The maximum atomic E-state index is 12.7. The van der Waals surface area contributed by atoms with Crippen molar-refractivity contribution in [2.75, 3.05) is 11.5 Å². The lowest BCUT2D eigenvalue weighted by molar-refractivity contribution is -0.139. The highest BCUT2D eigenvalue weighted by atomic mass is 35.5. The van der Waals surface area contributed by atoms with Crippen molar-refractivity contribution in [2.45, 2.75) is 19.9 Å². The van der Waals surface area contributed by atoms with Gasteiger partial charge in [-0.1, -0.05) is 41.9 Å². The number of halogens is 1. The number of benzene rings is 2. The number of carbonyl (C=O) groups excluding carboxylic acids is 1. The van der Waals surface area contributed by atoms with E-state index in [9.17, 15) is 4.79 Å². The first-order valence-corrected chi connectivity index (χ1v) is 9.10. The molecule has 134 valence electrons. The van der Waals surface area contributed by atoms with Crippen molar-refractivity contribution < 1.29 is 9.53 Å². The molecule has 1 atom stereocenters. The summed E-state index contributed by atoms with van der Waals surface area (Å²) in [4.78, 5) is 14.6. The fraction of sp³-hybridized carbons (Fsp3) is 0.200. The molecule has 1 N–H and O–H groups in total. The summed E-state index contributed by atoms with van der Waals surface area (Å²) in [6, 6.07) is 16.7. The Labute approximate surface area is 163 Å². The molecule has 0 aliphatic carbocycles. The van der Waals surface area contributed by atoms with Crippen LogP contribution in [0, 0.1) is 0 Å². The first kappa shape index (κ1) is 18.4. The zero-order valence-corrected chi connectivity index (χ0v) is 16.1. The van der Waals surface area contributed by atoms with E-state index in [-0.39, 0.29) is 5.97 Å². The highest BCUT2D eigenvalue weighted by Crippen LogP contribution is 2.34. The van der Waals surface area contributed by atoms with E-state index < -0.39 is 6.04 Å². The zero-order chi connectivity index (χ0) is 18.7. The number of esters is 1. The van der Waals surface area contributed by atoms with E-state index in [1.807, 2.05) is 54.3 Å². The summed E-state index contributed by atoms with van der Waals surface area (Å²) >= 11 is 11.6. The van der Waals surface area contributed by atoms with E-state index in [0.29, 0.717) is 22.3 Å². The number of allylic oxidation sites excluding steroid dienone is 1. The number of hydrogen-bond donors (Lipinski definition) is 1. The van der Waals surface area contributed by atoms with Crippen molar-refractivity contribution in [3.8, 4) is 0 Å². The Kier molecular flexibility index (Phi) is 5.59. The average molecular weight is 387 g/mol. The van der Waals surface area contributed by atoms with Crippen LogP contribution in [0.15, 0.2) is 65.9 Å². The molecule has 4 nitrogen and oxygen atoms in total. The van der Waals surface area contributed by atoms with Crippen LogP contribution in [0.5, 0.6) is 0 Å². The van der Waals surface area contributed by atoms with Crippen molar-refractivity contribution in [1.29, 1.82) is 0 Å². The van der Waals surface area contributed by atoms with Crippen molar-refractivity contribution in [1.82, 2.24) is 5.32 Å². The lowest BCUT2D eigenvalue weighted by Crippen LogP contribution is -2.48. The van der Waals surface area contributed by atoms with Gasteiger partial charge < -0.3 is 10.1 Å². The van der Waals surface area contributed by atoms with Crippen LogP contribution in [0.2, 0.25) is 5.02 Å². The minimum atomic E-state index is -0.390. The molecule has 0 unspecified atom stereocenters. The highest BCUT2D eigenvalue weighted by Gasteiger charge is 2.35. The first-order valence-electron chi connectivity index (χ1n) is 8.32. The van der Waals surface area contributed by atoms with Crippen LogP contribution in [0.25, 0.3) is 0 Å². The van der Waals surface area contributed by atoms with Crippen LogP contribution in [0.3, 0.4) is 0 Å². The molecule has 1 aliphatic heterocycles. The maximum absolute atomic E-state index is 12.7. The van der Waals surface area contributed by atoms with E-state index in [1.165, 1.54) is 0 Å². The molecule has 0 spiro atoms. The third-order valence-corrected chi connectivity index (χ3v) is 4.75. The molecule has 6 heteroatoms. The van der Waals surface area contributed by atoms with Crippen LogP contribution in [0.1, 0.15) is 25.5 Å². The number of para-hydroxylation sites is 1. The van der Waals surface area contributed by atoms with E-state index in [0.717, 1.165) is 16.9 Å². The van der Waals surface area contributed by atoms with Crippen LogP contribution < -0.4 is 10.2 Å². The molecule has 1 heterocycles. The predicted octanol–water partition coefficient (Wildman–Crippen LogP) is 4.61. The lowest BCUT2D eigenvalue weighted by atomic mass is 9.95. The molecular formula is C20H19ClN2O2S. The molecule has 0 saturated heterocycles. The minimum Gasteiger partial charge on any atom is -0.463 e. The molecule has 0 saturated carbocycles. The molecular weight excluding hydrogens is 368 g/mol. The summed E-state index contributed by atoms with van der Waals surface area (Å²) in [7, 11) is 0. The molecule has 2 aromatic carbocycles. The number of rotatable bonds is 4. The number of anilines is 1. The van der Waals surface area contributed by atoms with Crippen molar-refractivity contribution in [3.05, 3.63) is 76.5 Å². The van der Waals surface area contributed by atoms with Crippen LogP contribution in [-0.2, 0) is 9.53 Å². The Bertz CT molecular complexity index is 850. The van der Waals surface area contributed by atoms with Gasteiger partial charge in [-0.3, -0.25) is 4.90 Å². The second-order valence-corrected chi connectivity index (χ2v) is 6.65.